The molecular formula is C5H14N2O. The van der Waals surface area contributed by atoms with Crippen LogP contribution in [0.15, 0.2) is 0 Å². The first-order chi connectivity index (χ1) is 3.85. The molecule has 0 fully saturated rings. The molecule has 3 heteroatoms. The summed E-state index contributed by atoms with van der Waals surface area (Å²) in [5.74, 6) is 0. The van der Waals surface area contributed by atoms with E-state index in [0.717, 1.165) is 6.42 Å². The van der Waals surface area contributed by atoms with E-state index in [0.29, 0.717) is 13.1 Å². The highest BCUT2D eigenvalue weighted by Gasteiger charge is 1.99. The largest absolute Gasteiger partial charge is 0.380 e. The Hall–Kier alpha value is -0.120. The predicted molar refractivity (Wildman–Crippen MR) is 33.5 cm³/mol. The molecule has 0 amide bonds. The maximum atomic E-state index is 5.29. The van der Waals surface area contributed by atoms with Gasteiger partial charge in [0, 0.05) is 13.7 Å². The molecule has 3 nitrogen and oxygen atoms in total. The number of ether oxygens (including phenoxy) is 1. The summed E-state index contributed by atoms with van der Waals surface area (Å²) in [6, 6.07) is 0. The van der Waals surface area contributed by atoms with E-state index in [9.17, 15) is 0 Å². The van der Waals surface area contributed by atoms with Crippen molar-refractivity contribution in [3.8, 4) is 0 Å². The van der Waals surface area contributed by atoms with Crippen molar-refractivity contribution in [2.75, 3.05) is 20.2 Å². The summed E-state index contributed by atoms with van der Waals surface area (Å²) in [6.45, 7) is 1.21. The molecule has 0 aromatic rings. The lowest BCUT2D eigenvalue weighted by Gasteiger charge is -2.09. The summed E-state index contributed by atoms with van der Waals surface area (Å²) in [6.07, 6.45) is 1.01. The van der Waals surface area contributed by atoms with E-state index in [1.807, 2.05) is 0 Å². The molecule has 0 heterocycles. The van der Waals surface area contributed by atoms with Crippen molar-refractivity contribution in [3.05, 3.63) is 0 Å². The standard InChI is InChI=1S/C5H14N2O/c1-8-5(4-7)2-3-6/h5H,2-4,6-7H2,1H3/t5-/m1/s1. The quantitative estimate of drug-likeness (QED) is 0.513. The van der Waals surface area contributed by atoms with E-state index in [1.165, 1.54) is 0 Å². The maximum absolute atomic E-state index is 5.29. The van der Waals surface area contributed by atoms with E-state index < -0.39 is 0 Å². The van der Waals surface area contributed by atoms with Crippen LogP contribution in [-0.2, 0) is 4.74 Å². The minimum absolute atomic E-state index is 0.153. The molecule has 1 atom stereocenters. The summed E-state index contributed by atoms with van der Waals surface area (Å²) < 4.78 is 4.93. The van der Waals surface area contributed by atoms with E-state index in [1.54, 1.807) is 7.11 Å². The molecule has 8 heavy (non-hydrogen) atoms. The van der Waals surface area contributed by atoms with Crippen LogP contribution >= 0.6 is 0 Å². The van der Waals surface area contributed by atoms with Crippen LogP contribution in [0.5, 0.6) is 0 Å². The van der Waals surface area contributed by atoms with Crippen molar-refractivity contribution < 1.29 is 4.74 Å². The second kappa shape index (κ2) is 5.03. The number of hydrogen-bond acceptors (Lipinski definition) is 3. The maximum Gasteiger partial charge on any atom is 0.0705 e. The molecule has 0 saturated heterocycles. The topological polar surface area (TPSA) is 61.3 Å². The average molecular weight is 118 g/mol. The second-order valence-corrected chi connectivity index (χ2v) is 1.67. The van der Waals surface area contributed by atoms with Gasteiger partial charge in [0.05, 0.1) is 6.10 Å². The lowest BCUT2D eigenvalue weighted by molar-refractivity contribution is 0.104. The van der Waals surface area contributed by atoms with Crippen molar-refractivity contribution in [2.45, 2.75) is 12.5 Å². The number of hydrogen-bond donors (Lipinski definition) is 2. The first kappa shape index (κ1) is 7.88. The zero-order valence-corrected chi connectivity index (χ0v) is 5.26. The third kappa shape index (κ3) is 2.96. The van der Waals surface area contributed by atoms with Gasteiger partial charge in [0.15, 0.2) is 0 Å². The van der Waals surface area contributed by atoms with Crippen LogP contribution in [0, 0.1) is 0 Å². The molecule has 0 radical (unpaired) electrons. The van der Waals surface area contributed by atoms with Gasteiger partial charge in [0.2, 0.25) is 0 Å². The Labute approximate surface area is 50.0 Å². The van der Waals surface area contributed by atoms with Crippen LogP contribution < -0.4 is 11.5 Å². The van der Waals surface area contributed by atoms with Crippen molar-refractivity contribution in [2.24, 2.45) is 11.5 Å². The van der Waals surface area contributed by atoms with Gasteiger partial charge < -0.3 is 16.2 Å². The number of methoxy groups -OCH3 is 1. The van der Waals surface area contributed by atoms with E-state index in [2.05, 4.69) is 0 Å². The molecule has 0 rings (SSSR count). The lowest BCUT2D eigenvalue weighted by Crippen LogP contribution is -2.25. The molecule has 0 unspecified atom stereocenters. The van der Waals surface area contributed by atoms with Crippen LogP contribution in [0.4, 0.5) is 0 Å². The molecule has 0 spiro atoms. The van der Waals surface area contributed by atoms with E-state index in [-0.39, 0.29) is 6.10 Å². The zero-order chi connectivity index (χ0) is 6.41. The zero-order valence-electron chi connectivity index (χ0n) is 5.26. The monoisotopic (exact) mass is 118 g/mol. The van der Waals surface area contributed by atoms with Gasteiger partial charge in [-0.2, -0.15) is 0 Å². The summed E-state index contributed by atoms with van der Waals surface area (Å²) >= 11 is 0. The number of rotatable bonds is 4. The van der Waals surface area contributed by atoms with Crippen LogP contribution in [0.1, 0.15) is 6.42 Å². The highest BCUT2D eigenvalue weighted by Crippen LogP contribution is 1.89. The molecule has 0 saturated carbocycles. The smallest absolute Gasteiger partial charge is 0.0705 e. The van der Waals surface area contributed by atoms with Crippen molar-refractivity contribution in [1.29, 1.82) is 0 Å². The first-order valence-corrected chi connectivity index (χ1v) is 2.78. The van der Waals surface area contributed by atoms with Crippen LogP contribution in [0.3, 0.4) is 0 Å². The lowest BCUT2D eigenvalue weighted by atomic mass is 10.2. The van der Waals surface area contributed by atoms with Gasteiger partial charge in [-0.1, -0.05) is 0 Å². The first-order valence-electron chi connectivity index (χ1n) is 2.78. The Morgan fingerprint density at radius 3 is 2.25 bits per heavy atom. The Balaban J connectivity index is 3.07. The van der Waals surface area contributed by atoms with Crippen molar-refractivity contribution in [1.82, 2.24) is 0 Å². The molecular weight excluding hydrogens is 104 g/mol. The average Bonchev–Trinajstić information content (AvgIpc) is 1.83. The molecule has 0 aliphatic carbocycles. The van der Waals surface area contributed by atoms with Crippen LogP contribution in [-0.4, -0.2) is 26.3 Å². The molecule has 0 aliphatic rings. The van der Waals surface area contributed by atoms with Gasteiger partial charge in [-0.15, -0.1) is 0 Å². The van der Waals surface area contributed by atoms with Crippen LogP contribution in [0.25, 0.3) is 0 Å². The Kier molecular flexibility index (Phi) is 4.95. The van der Waals surface area contributed by atoms with Gasteiger partial charge in [0.1, 0.15) is 0 Å². The Morgan fingerprint density at radius 1 is 1.50 bits per heavy atom. The van der Waals surface area contributed by atoms with Gasteiger partial charge >= 0.3 is 0 Å². The predicted octanol–water partition coefficient (Wildman–Crippen LogP) is -0.691. The summed E-state index contributed by atoms with van der Waals surface area (Å²) in [4.78, 5) is 0. The summed E-state index contributed by atoms with van der Waals surface area (Å²) in [7, 11) is 1.65. The fraction of sp³-hybridized carbons (Fsp3) is 1.00. The third-order valence-electron chi connectivity index (χ3n) is 1.08. The van der Waals surface area contributed by atoms with Crippen molar-refractivity contribution in [3.63, 3.8) is 0 Å². The van der Waals surface area contributed by atoms with Gasteiger partial charge in [-0.3, -0.25) is 0 Å². The fourth-order valence-corrected chi connectivity index (χ4v) is 0.518. The van der Waals surface area contributed by atoms with Gasteiger partial charge in [0.25, 0.3) is 0 Å². The van der Waals surface area contributed by atoms with E-state index in [4.69, 9.17) is 16.2 Å². The van der Waals surface area contributed by atoms with Gasteiger partial charge in [-0.25, -0.2) is 0 Å². The highest BCUT2D eigenvalue weighted by molar-refractivity contribution is 4.56. The fourth-order valence-electron chi connectivity index (χ4n) is 0.518. The third-order valence-corrected chi connectivity index (χ3v) is 1.08. The summed E-state index contributed by atoms with van der Waals surface area (Å²) in [5, 5.41) is 0. The molecule has 4 N–H and O–H groups in total. The SMILES string of the molecule is CO[C@@H](CN)CCN. The number of nitrogens with two attached hydrogens (primary N) is 2. The van der Waals surface area contributed by atoms with Crippen molar-refractivity contribution >= 4 is 0 Å². The molecule has 0 bridgehead atoms. The normalized spacial score (nSPS) is 13.9. The highest BCUT2D eigenvalue weighted by atomic mass is 16.5. The molecule has 0 aromatic heterocycles. The summed E-state index contributed by atoms with van der Waals surface area (Å²) in [5.41, 5.74) is 10.5. The van der Waals surface area contributed by atoms with Gasteiger partial charge in [-0.05, 0) is 13.0 Å². The molecule has 0 aliphatic heterocycles. The Bertz CT molecular complexity index is 45.7. The Morgan fingerprint density at radius 2 is 2.12 bits per heavy atom. The second-order valence-electron chi connectivity index (χ2n) is 1.67. The minimum atomic E-state index is 0.153. The van der Waals surface area contributed by atoms with Crippen LogP contribution in [0.2, 0.25) is 0 Å². The molecule has 0 aromatic carbocycles. The molecule has 50 valence electrons. The minimum Gasteiger partial charge on any atom is -0.380 e. The van der Waals surface area contributed by atoms with E-state index >= 15 is 0 Å².